The lowest BCUT2D eigenvalue weighted by atomic mass is 10.1. The van der Waals surface area contributed by atoms with Gasteiger partial charge in [0.25, 0.3) is 0 Å². The highest BCUT2D eigenvalue weighted by molar-refractivity contribution is 5.89. The average Bonchev–Trinajstić information content (AvgIpc) is 2.59. The van der Waals surface area contributed by atoms with E-state index in [0.717, 1.165) is 5.56 Å². The third-order valence-electron chi connectivity index (χ3n) is 3.52. The second kappa shape index (κ2) is 9.08. The molecule has 2 aromatic rings. The summed E-state index contributed by atoms with van der Waals surface area (Å²) in [7, 11) is 0. The number of ether oxygens (including phenoxy) is 1. The highest BCUT2D eigenvalue weighted by Gasteiger charge is 2.16. The summed E-state index contributed by atoms with van der Waals surface area (Å²) in [5.41, 5.74) is 4.64. The Morgan fingerprint density at radius 2 is 1.61 bits per heavy atom. The van der Waals surface area contributed by atoms with Crippen molar-refractivity contribution in [1.29, 1.82) is 0 Å². The van der Waals surface area contributed by atoms with Crippen LogP contribution in [0, 0.1) is 5.92 Å². The number of hydrogen-bond acceptors (Lipinski definition) is 4. The second-order valence-electron chi connectivity index (χ2n) is 5.71. The first kappa shape index (κ1) is 17.2. The van der Waals surface area contributed by atoms with Crippen LogP contribution in [0.25, 0.3) is 0 Å². The molecule has 4 nitrogen and oxygen atoms in total. The summed E-state index contributed by atoms with van der Waals surface area (Å²) in [6, 6.07) is 18.8. The van der Waals surface area contributed by atoms with Crippen molar-refractivity contribution in [2.75, 3.05) is 6.61 Å². The van der Waals surface area contributed by atoms with Gasteiger partial charge in [-0.05, 0) is 23.6 Å². The summed E-state index contributed by atoms with van der Waals surface area (Å²) < 4.78 is 5.37. The molecule has 1 N–H and O–H groups in total. The van der Waals surface area contributed by atoms with Crippen molar-refractivity contribution in [3.05, 3.63) is 71.8 Å². The van der Waals surface area contributed by atoms with Gasteiger partial charge < -0.3 is 4.74 Å². The van der Waals surface area contributed by atoms with Crippen molar-refractivity contribution < 1.29 is 14.4 Å². The molecule has 0 aliphatic heterocycles. The fourth-order valence-corrected chi connectivity index (χ4v) is 1.99. The van der Waals surface area contributed by atoms with Gasteiger partial charge in [-0.25, -0.2) is 4.79 Å². The van der Waals surface area contributed by atoms with Crippen LogP contribution in [0.5, 0.6) is 0 Å². The topological polar surface area (TPSA) is 47.6 Å². The molecular formula is C19H23NO3. The van der Waals surface area contributed by atoms with Crippen LogP contribution in [0.4, 0.5) is 0 Å². The van der Waals surface area contributed by atoms with Crippen LogP contribution in [0.1, 0.15) is 29.8 Å². The monoisotopic (exact) mass is 313 g/mol. The van der Waals surface area contributed by atoms with Gasteiger partial charge in [0.05, 0.1) is 18.2 Å². The molecule has 2 rings (SSSR count). The molecule has 2 aromatic carbocycles. The Morgan fingerprint density at radius 1 is 1.00 bits per heavy atom. The van der Waals surface area contributed by atoms with Gasteiger partial charge in [-0.2, -0.15) is 5.48 Å². The predicted molar refractivity (Wildman–Crippen MR) is 89.7 cm³/mol. The molecule has 0 amide bonds. The van der Waals surface area contributed by atoms with Crippen molar-refractivity contribution in [2.45, 2.75) is 26.5 Å². The van der Waals surface area contributed by atoms with Crippen molar-refractivity contribution in [2.24, 2.45) is 5.92 Å². The van der Waals surface area contributed by atoms with E-state index >= 15 is 0 Å². The number of carbonyl (C=O) groups excluding carboxylic acids is 1. The quantitative estimate of drug-likeness (QED) is 0.597. The van der Waals surface area contributed by atoms with Gasteiger partial charge in [0, 0.05) is 0 Å². The Balaban J connectivity index is 1.78. The maximum Gasteiger partial charge on any atom is 0.338 e. The molecule has 0 aliphatic carbocycles. The zero-order chi connectivity index (χ0) is 16.5. The van der Waals surface area contributed by atoms with Gasteiger partial charge in [-0.1, -0.05) is 62.4 Å². The Labute approximate surface area is 137 Å². The first-order valence-electron chi connectivity index (χ1n) is 7.80. The van der Waals surface area contributed by atoms with Crippen LogP contribution in [0.15, 0.2) is 60.7 Å². The normalized spacial score (nSPS) is 12.1. The minimum Gasteiger partial charge on any atom is -0.460 e. The van der Waals surface area contributed by atoms with Crippen LogP contribution in [0.2, 0.25) is 0 Å². The highest BCUT2D eigenvalue weighted by Crippen LogP contribution is 2.07. The lowest BCUT2D eigenvalue weighted by Gasteiger charge is -2.21. The molecule has 0 fully saturated rings. The van der Waals surface area contributed by atoms with Crippen molar-refractivity contribution in [3.8, 4) is 0 Å². The first-order valence-corrected chi connectivity index (χ1v) is 7.80. The van der Waals surface area contributed by atoms with Crippen LogP contribution in [-0.4, -0.2) is 18.6 Å². The van der Waals surface area contributed by atoms with Crippen LogP contribution < -0.4 is 5.48 Å². The molecule has 4 heteroatoms. The summed E-state index contributed by atoms with van der Waals surface area (Å²) in [6.45, 7) is 4.84. The Bertz CT molecular complexity index is 584. The fourth-order valence-electron chi connectivity index (χ4n) is 1.99. The van der Waals surface area contributed by atoms with Gasteiger partial charge in [0.1, 0.15) is 6.61 Å². The summed E-state index contributed by atoms with van der Waals surface area (Å²) >= 11 is 0. The zero-order valence-corrected chi connectivity index (χ0v) is 13.6. The minimum atomic E-state index is -0.318. The van der Waals surface area contributed by atoms with E-state index in [1.807, 2.05) is 48.5 Å². The molecule has 0 saturated heterocycles. The molecule has 1 unspecified atom stereocenters. The van der Waals surface area contributed by atoms with E-state index in [2.05, 4.69) is 19.3 Å². The molecule has 1 atom stereocenters. The molecule has 0 saturated carbocycles. The molecule has 0 heterocycles. The fraction of sp³-hybridized carbons (Fsp3) is 0.316. The molecule has 0 spiro atoms. The van der Waals surface area contributed by atoms with E-state index in [1.165, 1.54) is 0 Å². The Kier molecular flexibility index (Phi) is 6.78. The van der Waals surface area contributed by atoms with Crippen LogP contribution in [-0.2, 0) is 16.2 Å². The minimum absolute atomic E-state index is 0.0635. The maximum atomic E-state index is 12.0. The van der Waals surface area contributed by atoms with Gasteiger partial charge in [0.15, 0.2) is 0 Å². The summed E-state index contributed by atoms with van der Waals surface area (Å²) in [6.07, 6.45) is 0. The highest BCUT2D eigenvalue weighted by atomic mass is 16.6. The lowest BCUT2D eigenvalue weighted by Crippen LogP contribution is -2.38. The predicted octanol–water partition coefficient (Wildman–Crippen LogP) is 3.59. The van der Waals surface area contributed by atoms with Gasteiger partial charge in [-0.15, -0.1) is 0 Å². The molecule has 122 valence electrons. The summed E-state index contributed by atoms with van der Waals surface area (Å²) in [5, 5.41) is 0. The van der Waals surface area contributed by atoms with E-state index in [-0.39, 0.29) is 24.5 Å². The number of esters is 1. The maximum absolute atomic E-state index is 12.0. The van der Waals surface area contributed by atoms with E-state index in [1.54, 1.807) is 12.1 Å². The molecule has 0 bridgehead atoms. The van der Waals surface area contributed by atoms with Gasteiger partial charge in [-0.3, -0.25) is 4.84 Å². The van der Waals surface area contributed by atoms with E-state index < -0.39 is 0 Å². The second-order valence-corrected chi connectivity index (χ2v) is 5.71. The molecule has 0 aliphatic rings. The standard InChI is InChI=1S/C19H23NO3/c1-15(2)18(20-23-13-16-9-5-3-6-10-16)14-22-19(21)17-11-7-4-8-12-17/h3-12,15,18,20H,13-14H2,1-2H3. The lowest BCUT2D eigenvalue weighted by molar-refractivity contribution is -0.0276. The van der Waals surface area contributed by atoms with Crippen molar-refractivity contribution in [1.82, 2.24) is 5.48 Å². The summed E-state index contributed by atoms with van der Waals surface area (Å²) in [5.74, 6) is -0.0459. The third-order valence-corrected chi connectivity index (χ3v) is 3.52. The van der Waals surface area contributed by atoms with Crippen molar-refractivity contribution in [3.63, 3.8) is 0 Å². The van der Waals surface area contributed by atoms with Crippen molar-refractivity contribution >= 4 is 5.97 Å². The number of benzene rings is 2. The molecule has 0 aromatic heterocycles. The zero-order valence-electron chi connectivity index (χ0n) is 13.6. The van der Waals surface area contributed by atoms with Crippen LogP contribution >= 0.6 is 0 Å². The third kappa shape index (κ3) is 5.85. The molecular weight excluding hydrogens is 290 g/mol. The summed E-state index contributed by atoms with van der Waals surface area (Å²) in [4.78, 5) is 17.5. The smallest absolute Gasteiger partial charge is 0.338 e. The van der Waals surface area contributed by atoms with Gasteiger partial charge >= 0.3 is 5.97 Å². The first-order chi connectivity index (χ1) is 11.2. The van der Waals surface area contributed by atoms with E-state index in [9.17, 15) is 4.79 Å². The van der Waals surface area contributed by atoms with E-state index in [0.29, 0.717) is 12.2 Å². The number of hydroxylamine groups is 1. The number of rotatable bonds is 8. The number of nitrogens with one attached hydrogen (secondary N) is 1. The number of carbonyl (C=O) groups is 1. The SMILES string of the molecule is CC(C)C(COC(=O)c1ccccc1)NOCc1ccccc1. The number of hydrogen-bond donors (Lipinski definition) is 1. The Morgan fingerprint density at radius 3 is 2.22 bits per heavy atom. The van der Waals surface area contributed by atoms with Crippen LogP contribution in [0.3, 0.4) is 0 Å². The Hall–Kier alpha value is -2.17. The van der Waals surface area contributed by atoms with Gasteiger partial charge in [0.2, 0.25) is 0 Å². The average molecular weight is 313 g/mol. The molecule has 0 radical (unpaired) electrons. The molecule has 23 heavy (non-hydrogen) atoms. The van der Waals surface area contributed by atoms with E-state index in [4.69, 9.17) is 9.57 Å². The largest absolute Gasteiger partial charge is 0.460 e.